The molecule has 8 heteroatoms. The molecule has 0 unspecified atom stereocenters. The van der Waals surface area contributed by atoms with Crippen LogP contribution in [0.1, 0.15) is 11.1 Å². The zero-order chi connectivity index (χ0) is 20.6. The van der Waals surface area contributed by atoms with Gasteiger partial charge in [-0.3, -0.25) is 4.79 Å². The van der Waals surface area contributed by atoms with E-state index in [0.29, 0.717) is 17.2 Å². The lowest BCUT2D eigenvalue weighted by Gasteiger charge is -2.09. The second kappa shape index (κ2) is 9.59. The number of carbonyl (C=O) groups is 1. The van der Waals surface area contributed by atoms with E-state index in [0.717, 1.165) is 5.56 Å². The van der Waals surface area contributed by atoms with E-state index in [1.54, 1.807) is 30.5 Å². The second-order valence-electron chi connectivity index (χ2n) is 6.03. The monoisotopic (exact) mass is 402 g/mol. The first-order valence-corrected chi connectivity index (χ1v) is 8.67. The minimum absolute atomic E-state index is 0.0367. The third-order valence-electron chi connectivity index (χ3n) is 3.84. The van der Waals surface area contributed by atoms with Gasteiger partial charge in [0.2, 0.25) is 11.8 Å². The molecule has 1 N–H and O–H groups in total. The van der Waals surface area contributed by atoms with E-state index in [1.807, 2.05) is 0 Å². The lowest BCUT2D eigenvalue weighted by Crippen LogP contribution is -2.24. The van der Waals surface area contributed by atoms with Crippen LogP contribution in [0.2, 0.25) is 0 Å². The van der Waals surface area contributed by atoms with Crippen molar-refractivity contribution in [3.05, 3.63) is 83.8 Å². The first-order chi connectivity index (χ1) is 14.0. The van der Waals surface area contributed by atoms with E-state index in [-0.39, 0.29) is 30.4 Å². The smallest absolute Gasteiger partial charge is 0.387 e. The molecule has 0 fully saturated rings. The zero-order valence-corrected chi connectivity index (χ0v) is 15.1. The van der Waals surface area contributed by atoms with Crippen LogP contribution in [0.4, 0.5) is 13.2 Å². The summed E-state index contributed by atoms with van der Waals surface area (Å²) in [5.74, 6) is 0.204. The summed E-state index contributed by atoms with van der Waals surface area (Å²) < 4.78 is 47.1. The lowest BCUT2D eigenvalue weighted by molar-refractivity contribution is -0.120. The molecule has 0 radical (unpaired) electrons. The molecule has 1 amide bonds. The summed E-state index contributed by atoms with van der Waals surface area (Å²) in [4.78, 5) is 16.2. The van der Waals surface area contributed by atoms with Crippen LogP contribution in [-0.2, 0) is 17.8 Å². The topological polar surface area (TPSA) is 60.5 Å². The molecule has 1 heterocycles. The molecule has 3 rings (SSSR count). The van der Waals surface area contributed by atoms with Gasteiger partial charge in [-0.25, -0.2) is 9.37 Å². The van der Waals surface area contributed by atoms with E-state index in [2.05, 4.69) is 15.0 Å². The quantitative estimate of drug-likeness (QED) is 0.604. The highest BCUT2D eigenvalue weighted by Crippen LogP contribution is 2.20. The van der Waals surface area contributed by atoms with Gasteiger partial charge in [-0.15, -0.1) is 0 Å². The molecule has 0 saturated carbocycles. The van der Waals surface area contributed by atoms with Crippen molar-refractivity contribution in [3.8, 4) is 17.4 Å². The first-order valence-electron chi connectivity index (χ1n) is 8.67. The number of hydrogen-bond acceptors (Lipinski definition) is 4. The van der Waals surface area contributed by atoms with E-state index < -0.39 is 6.61 Å². The number of carbonyl (C=O) groups excluding carboxylic acids is 1. The summed E-state index contributed by atoms with van der Waals surface area (Å²) in [5, 5.41) is 2.77. The van der Waals surface area contributed by atoms with Crippen LogP contribution in [0.5, 0.6) is 17.4 Å². The molecule has 0 bridgehead atoms. The van der Waals surface area contributed by atoms with E-state index in [1.165, 1.54) is 36.4 Å². The van der Waals surface area contributed by atoms with E-state index >= 15 is 0 Å². The van der Waals surface area contributed by atoms with Crippen LogP contribution in [0.25, 0.3) is 0 Å². The van der Waals surface area contributed by atoms with Gasteiger partial charge in [0.05, 0.1) is 6.42 Å². The molecule has 3 aromatic rings. The molecule has 0 aliphatic heterocycles. The van der Waals surface area contributed by atoms with Crippen molar-refractivity contribution >= 4 is 5.91 Å². The molecular formula is C21H17F3N2O3. The van der Waals surface area contributed by atoms with Crippen LogP contribution in [-0.4, -0.2) is 17.5 Å². The van der Waals surface area contributed by atoms with Gasteiger partial charge >= 0.3 is 6.61 Å². The Morgan fingerprint density at radius 3 is 2.34 bits per heavy atom. The fourth-order valence-electron chi connectivity index (χ4n) is 2.48. The molecule has 0 aliphatic carbocycles. The number of nitrogens with one attached hydrogen (secondary N) is 1. The molecule has 0 atom stereocenters. The predicted octanol–water partition coefficient (Wildman–Crippen LogP) is 4.47. The summed E-state index contributed by atoms with van der Waals surface area (Å²) in [6.07, 6.45) is 1.64. The average molecular weight is 402 g/mol. The standard InChI is InChI=1S/C21H17F3N2O3/c22-16-3-7-17(8-4-16)28-20-12-15(9-10-25-20)13-26-19(27)11-14-1-5-18(6-2-14)29-21(23)24/h1-10,12,21H,11,13H2,(H,26,27). The van der Waals surface area contributed by atoms with Gasteiger partial charge < -0.3 is 14.8 Å². The van der Waals surface area contributed by atoms with Crippen molar-refractivity contribution in [2.75, 3.05) is 0 Å². The Balaban J connectivity index is 1.51. The highest BCUT2D eigenvalue weighted by atomic mass is 19.3. The van der Waals surface area contributed by atoms with Crippen LogP contribution in [0.3, 0.4) is 0 Å². The number of alkyl halides is 2. The van der Waals surface area contributed by atoms with Crippen molar-refractivity contribution in [1.82, 2.24) is 10.3 Å². The Morgan fingerprint density at radius 2 is 1.66 bits per heavy atom. The number of benzene rings is 2. The van der Waals surface area contributed by atoms with E-state index in [9.17, 15) is 18.0 Å². The predicted molar refractivity (Wildman–Crippen MR) is 99.3 cm³/mol. The highest BCUT2D eigenvalue weighted by molar-refractivity contribution is 5.78. The Hall–Kier alpha value is -3.55. The van der Waals surface area contributed by atoms with Crippen molar-refractivity contribution in [2.45, 2.75) is 19.6 Å². The number of nitrogens with zero attached hydrogens (tertiary/aromatic N) is 1. The van der Waals surface area contributed by atoms with Gasteiger partial charge in [-0.05, 0) is 53.6 Å². The van der Waals surface area contributed by atoms with Gasteiger partial charge in [0.1, 0.15) is 17.3 Å². The van der Waals surface area contributed by atoms with Crippen molar-refractivity contribution < 1.29 is 27.4 Å². The third kappa shape index (κ3) is 6.53. The molecule has 0 spiro atoms. The van der Waals surface area contributed by atoms with Crippen LogP contribution >= 0.6 is 0 Å². The highest BCUT2D eigenvalue weighted by Gasteiger charge is 2.07. The van der Waals surface area contributed by atoms with Gasteiger partial charge in [-0.1, -0.05) is 12.1 Å². The van der Waals surface area contributed by atoms with Crippen LogP contribution < -0.4 is 14.8 Å². The minimum Gasteiger partial charge on any atom is -0.439 e. The lowest BCUT2D eigenvalue weighted by atomic mass is 10.1. The fourth-order valence-corrected chi connectivity index (χ4v) is 2.48. The number of amides is 1. The Labute approximate surface area is 165 Å². The average Bonchev–Trinajstić information content (AvgIpc) is 2.70. The molecule has 2 aromatic carbocycles. The largest absolute Gasteiger partial charge is 0.439 e. The van der Waals surface area contributed by atoms with Crippen LogP contribution in [0, 0.1) is 5.82 Å². The normalized spacial score (nSPS) is 10.6. The fraction of sp³-hybridized carbons (Fsp3) is 0.143. The number of aromatic nitrogens is 1. The molecule has 150 valence electrons. The molecule has 1 aromatic heterocycles. The number of ether oxygens (including phenoxy) is 2. The summed E-state index contributed by atoms with van der Waals surface area (Å²) in [5.41, 5.74) is 1.44. The Kier molecular flexibility index (Phi) is 6.67. The second-order valence-corrected chi connectivity index (χ2v) is 6.03. The van der Waals surface area contributed by atoms with Gasteiger partial charge in [0, 0.05) is 18.8 Å². The summed E-state index contributed by atoms with van der Waals surface area (Å²) in [7, 11) is 0. The molecule has 5 nitrogen and oxygen atoms in total. The van der Waals surface area contributed by atoms with Crippen molar-refractivity contribution in [2.24, 2.45) is 0 Å². The number of rotatable bonds is 8. The first kappa shape index (κ1) is 20.2. The maximum Gasteiger partial charge on any atom is 0.387 e. The minimum atomic E-state index is -2.89. The maximum absolute atomic E-state index is 12.9. The number of pyridine rings is 1. The molecule has 0 aliphatic rings. The van der Waals surface area contributed by atoms with Crippen molar-refractivity contribution in [3.63, 3.8) is 0 Å². The van der Waals surface area contributed by atoms with Gasteiger partial charge in [-0.2, -0.15) is 8.78 Å². The van der Waals surface area contributed by atoms with Gasteiger partial charge in [0.25, 0.3) is 0 Å². The molecular weight excluding hydrogens is 385 g/mol. The number of halogens is 3. The zero-order valence-electron chi connectivity index (χ0n) is 15.1. The van der Waals surface area contributed by atoms with Crippen LogP contribution in [0.15, 0.2) is 66.9 Å². The number of hydrogen-bond donors (Lipinski definition) is 1. The maximum atomic E-state index is 12.9. The Morgan fingerprint density at radius 1 is 0.966 bits per heavy atom. The summed E-state index contributed by atoms with van der Waals surface area (Å²) in [6.45, 7) is -2.63. The molecule has 0 saturated heterocycles. The SMILES string of the molecule is O=C(Cc1ccc(OC(F)F)cc1)NCc1ccnc(Oc2ccc(F)cc2)c1. The van der Waals surface area contributed by atoms with Crippen molar-refractivity contribution in [1.29, 1.82) is 0 Å². The Bertz CT molecular complexity index is 948. The summed E-state index contributed by atoms with van der Waals surface area (Å²) >= 11 is 0. The third-order valence-corrected chi connectivity index (χ3v) is 3.84. The summed E-state index contributed by atoms with van der Waals surface area (Å²) in [6, 6.07) is 14.8. The molecule has 29 heavy (non-hydrogen) atoms. The van der Waals surface area contributed by atoms with E-state index in [4.69, 9.17) is 4.74 Å². The van der Waals surface area contributed by atoms with Gasteiger partial charge in [0.15, 0.2) is 0 Å².